The van der Waals surface area contributed by atoms with E-state index in [0.717, 1.165) is 18.4 Å². The summed E-state index contributed by atoms with van der Waals surface area (Å²) < 4.78 is 33.0. The highest BCUT2D eigenvalue weighted by Crippen LogP contribution is 2.26. The fraction of sp³-hybridized carbons (Fsp3) is 0.600. The molecule has 0 heterocycles. The van der Waals surface area contributed by atoms with Crippen molar-refractivity contribution in [2.45, 2.75) is 51.1 Å². The van der Waals surface area contributed by atoms with Crippen LogP contribution in [0.3, 0.4) is 0 Å². The molecular weight excluding hydrogens is 288 g/mol. The molecule has 120 valence electrons. The lowest BCUT2D eigenvalue weighted by atomic mass is 9.96. The van der Waals surface area contributed by atoms with Crippen molar-refractivity contribution >= 4 is 10.0 Å². The third-order valence-corrected chi connectivity index (χ3v) is 5.45. The van der Waals surface area contributed by atoms with Gasteiger partial charge in [-0.15, -0.1) is 0 Å². The van der Waals surface area contributed by atoms with Gasteiger partial charge in [0.2, 0.25) is 10.0 Å². The number of benzene rings is 1. The number of rotatable bonds is 8. The van der Waals surface area contributed by atoms with Gasteiger partial charge < -0.3 is 10.5 Å². The van der Waals surface area contributed by atoms with E-state index in [9.17, 15) is 8.42 Å². The Balaban J connectivity index is 3.08. The average Bonchev–Trinajstić information content (AvgIpc) is 2.47. The first kappa shape index (κ1) is 17.9. The van der Waals surface area contributed by atoms with Gasteiger partial charge in [0.25, 0.3) is 0 Å². The third kappa shape index (κ3) is 4.43. The summed E-state index contributed by atoms with van der Waals surface area (Å²) in [6.45, 7) is 6.37. The van der Waals surface area contributed by atoms with Crippen LogP contribution in [0.1, 0.15) is 39.2 Å². The van der Waals surface area contributed by atoms with Gasteiger partial charge in [-0.1, -0.05) is 32.8 Å². The van der Waals surface area contributed by atoms with Gasteiger partial charge >= 0.3 is 0 Å². The minimum Gasteiger partial charge on any atom is -0.495 e. The molecule has 1 aromatic carbocycles. The van der Waals surface area contributed by atoms with Crippen molar-refractivity contribution in [2.75, 3.05) is 7.11 Å². The second-order valence-electron chi connectivity index (χ2n) is 5.18. The molecule has 21 heavy (non-hydrogen) atoms. The molecule has 0 aromatic heterocycles. The number of ether oxygens (including phenoxy) is 1. The molecule has 3 N–H and O–H groups in total. The lowest BCUT2D eigenvalue weighted by molar-refractivity contribution is 0.386. The molecule has 0 saturated heterocycles. The number of nitrogens with one attached hydrogen (secondary N) is 1. The standard InChI is InChI=1S/C15H26N2O3S/c1-5-13(6-2)11(3)17-21(18,19)15-8-7-12(10-16)9-14(15)20-4/h7-9,11,13,17H,5-6,10,16H2,1-4H3. The molecule has 0 bridgehead atoms. The van der Waals surface area contributed by atoms with Crippen LogP contribution in [0.15, 0.2) is 23.1 Å². The molecule has 0 aliphatic carbocycles. The van der Waals surface area contributed by atoms with Crippen LogP contribution in [-0.4, -0.2) is 21.6 Å². The Morgan fingerprint density at radius 1 is 1.29 bits per heavy atom. The summed E-state index contributed by atoms with van der Waals surface area (Å²) in [6, 6.07) is 4.79. The van der Waals surface area contributed by atoms with Gasteiger partial charge in [-0.2, -0.15) is 0 Å². The smallest absolute Gasteiger partial charge is 0.244 e. The highest BCUT2D eigenvalue weighted by molar-refractivity contribution is 7.89. The molecule has 0 amide bonds. The molecule has 6 heteroatoms. The van der Waals surface area contributed by atoms with E-state index in [1.54, 1.807) is 18.2 Å². The normalized spacial score (nSPS) is 13.4. The summed E-state index contributed by atoms with van der Waals surface area (Å²) in [4.78, 5) is 0.153. The van der Waals surface area contributed by atoms with E-state index in [4.69, 9.17) is 10.5 Å². The molecular formula is C15H26N2O3S. The summed E-state index contributed by atoms with van der Waals surface area (Å²) in [7, 11) is -2.15. The Morgan fingerprint density at radius 3 is 2.38 bits per heavy atom. The van der Waals surface area contributed by atoms with E-state index in [0.29, 0.717) is 18.2 Å². The molecule has 0 saturated carbocycles. The maximum atomic E-state index is 12.5. The van der Waals surface area contributed by atoms with E-state index in [1.807, 2.05) is 6.92 Å². The van der Waals surface area contributed by atoms with Crippen LogP contribution in [-0.2, 0) is 16.6 Å². The predicted molar refractivity (Wildman–Crippen MR) is 84.7 cm³/mol. The largest absolute Gasteiger partial charge is 0.495 e. The average molecular weight is 314 g/mol. The summed E-state index contributed by atoms with van der Waals surface area (Å²) >= 11 is 0. The van der Waals surface area contributed by atoms with Crippen molar-refractivity contribution in [3.05, 3.63) is 23.8 Å². The van der Waals surface area contributed by atoms with Crippen LogP contribution in [0.25, 0.3) is 0 Å². The van der Waals surface area contributed by atoms with E-state index in [1.165, 1.54) is 7.11 Å². The predicted octanol–water partition coefficient (Wildman–Crippen LogP) is 2.26. The molecule has 0 aliphatic rings. The zero-order valence-electron chi connectivity index (χ0n) is 13.2. The summed E-state index contributed by atoms with van der Waals surface area (Å²) in [5.74, 6) is 0.635. The van der Waals surface area contributed by atoms with Crippen molar-refractivity contribution in [3.63, 3.8) is 0 Å². The van der Waals surface area contributed by atoms with Crippen LogP contribution in [0, 0.1) is 5.92 Å². The first-order valence-corrected chi connectivity index (χ1v) is 8.77. The fourth-order valence-corrected chi connectivity index (χ4v) is 3.92. The molecule has 0 spiro atoms. The minimum atomic E-state index is -3.61. The van der Waals surface area contributed by atoms with Gasteiger partial charge in [0, 0.05) is 12.6 Å². The van der Waals surface area contributed by atoms with Crippen molar-refractivity contribution in [1.82, 2.24) is 4.72 Å². The Kier molecular flexibility index (Phi) is 6.64. The fourth-order valence-electron chi connectivity index (χ4n) is 2.46. The zero-order valence-corrected chi connectivity index (χ0v) is 14.0. The molecule has 1 atom stereocenters. The Labute approximate surface area is 127 Å². The first-order chi connectivity index (χ1) is 9.89. The van der Waals surface area contributed by atoms with Crippen LogP contribution in [0.4, 0.5) is 0 Å². The molecule has 0 radical (unpaired) electrons. The molecule has 1 aromatic rings. The van der Waals surface area contributed by atoms with Crippen molar-refractivity contribution in [1.29, 1.82) is 0 Å². The quantitative estimate of drug-likeness (QED) is 0.771. The summed E-state index contributed by atoms with van der Waals surface area (Å²) in [6.07, 6.45) is 1.87. The van der Waals surface area contributed by atoms with Gasteiger partial charge in [-0.3, -0.25) is 0 Å². The highest BCUT2D eigenvalue weighted by Gasteiger charge is 2.24. The molecule has 1 rings (SSSR count). The number of hydrogen-bond acceptors (Lipinski definition) is 4. The highest BCUT2D eigenvalue weighted by atomic mass is 32.2. The lowest BCUT2D eigenvalue weighted by Gasteiger charge is -2.23. The van der Waals surface area contributed by atoms with Gasteiger partial charge in [-0.25, -0.2) is 13.1 Å². The van der Waals surface area contributed by atoms with Crippen LogP contribution < -0.4 is 15.2 Å². The Hall–Kier alpha value is -1.11. The van der Waals surface area contributed by atoms with Crippen LogP contribution in [0.2, 0.25) is 0 Å². The first-order valence-electron chi connectivity index (χ1n) is 7.28. The van der Waals surface area contributed by atoms with Gasteiger partial charge in [0.15, 0.2) is 0 Å². The minimum absolute atomic E-state index is 0.121. The van der Waals surface area contributed by atoms with Crippen molar-refractivity contribution in [3.8, 4) is 5.75 Å². The molecule has 0 fully saturated rings. The van der Waals surface area contributed by atoms with Crippen LogP contribution >= 0.6 is 0 Å². The number of hydrogen-bond donors (Lipinski definition) is 2. The Bertz CT molecular complexity index is 554. The lowest BCUT2D eigenvalue weighted by Crippen LogP contribution is -2.37. The monoisotopic (exact) mass is 314 g/mol. The maximum absolute atomic E-state index is 12.5. The number of nitrogens with two attached hydrogens (primary N) is 1. The maximum Gasteiger partial charge on any atom is 0.244 e. The number of sulfonamides is 1. The van der Waals surface area contributed by atoms with Gasteiger partial charge in [-0.05, 0) is 30.5 Å². The van der Waals surface area contributed by atoms with Crippen LogP contribution in [0.5, 0.6) is 5.75 Å². The molecule has 5 nitrogen and oxygen atoms in total. The molecule has 1 unspecified atom stereocenters. The Morgan fingerprint density at radius 2 is 1.90 bits per heavy atom. The van der Waals surface area contributed by atoms with E-state index in [-0.39, 0.29) is 10.9 Å². The third-order valence-electron chi connectivity index (χ3n) is 3.85. The zero-order chi connectivity index (χ0) is 16.0. The van der Waals surface area contributed by atoms with Gasteiger partial charge in [0.05, 0.1) is 7.11 Å². The van der Waals surface area contributed by atoms with E-state index >= 15 is 0 Å². The molecule has 0 aliphatic heterocycles. The van der Waals surface area contributed by atoms with Gasteiger partial charge in [0.1, 0.15) is 10.6 Å². The van der Waals surface area contributed by atoms with E-state index < -0.39 is 10.0 Å². The topological polar surface area (TPSA) is 81.4 Å². The summed E-state index contributed by atoms with van der Waals surface area (Å²) in [5.41, 5.74) is 6.40. The van der Waals surface area contributed by atoms with Crippen molar-refractivity contribution < 1.29 is 13.2 Å². The second-order valence-corrected chi connectivity index (χ2v) is 6.86. The summed E-state index contributed by atoms with van der Waals surface area (Å²) in [5, 5.41) is 0. The SMILES string of the molecule is CCC(CC)C(C)NS(=O)(=O)c1ccc(CN)cc1OC. The van der Waals surface area contributed by atoms with E-state index in [2.05, 4.69) is 18.6 Å². The second kappa shape index (κ2) is 7.77. The van der Waals surface area contributed by atoms with Crippen molar-refractivity contribution in [2.24, 2.45) is 11.7 Å². The number of methoxy groups -OCH3 is 1.